The minimum Gasteiger partial charge on any atom is -0.378 e. The molecule has 0 aliphatic heterocycles. The molecule has 2 atom stereocenters. The quantitative estimate of drug-likeness (QED) is 0.647. The van der Waals surface area contributed by atoms with Crippen LogP contribution in [0.3, 0.4) is 0 Å². The van der Waals surface area contributed by atoms with Gasteiger partial charge in [0, 0.05) is 36.2 Å². The Hall–Kier alpha value is -1.53. The fourth-order valence-electron chi connectivity index (χ4n) is 2.82. The van der Waals surface area contributed by atoms with Crippen molar-refractivity contribution >= 4 is 5.69 Å². The summed E-state index contributed by atoms with van der Waals surface area (Å²) in [5.74, 6) is -0.461. The second-order valence-corrected chi connectivity index (χ2v) is 5.96. The van der Waals surface area contributed by atoms with Crippen molar-refractivity contribution in [1.29, 1.82) is 0 Å². The lowest BCUT2D eigenvalue weighted by Crippen LogP contribution is -2.60. The van der Waals surface area contributed by atoms with Gasteiger partial charge in [0.15, 0.2) is 0 Å². The van der Waals surface area contributed by atoms with E-state index in [1.54, 1.807) is 0 Å². The molecule has 0 amide bonds. The Labute approximate surface area is 123 Å². The zero-order valence-electron chi connectivity index (χ0n) is 12.6. The molecule has 0 heterocycles. The zero-order chi connectivity index (χ0) is 15.6. The van der Waals surface area contributed by atoms with Crippen LogP contribution < -0.4 is 5.32 Å². The topological polar surface area (TPSA) is 64.4 Å². The first-order chi connectivity index (χ1) is 9.86. The van der Waals surface area contributed by atoms with Crippen LogP contribution in [0.5, 0.6) is 0 Å². The van der Waals surface area contributed by atoms with Gasteiger partial charge in [-0.1, -0.05) is 13.8 Å². The number of ether oxygens (including phenoxy) is 1. The van der Waals surface area contributed by atoms with E-state index in [9.17, 15) is 14.5 Å². The molecule has 0 saturated heterocycles. The summed E-state index contributed by atoms with van der Waals surface area (Å²) in [6.45, 7) is 7.13. The summed E-state index contributed by atoms with van der Waals surface area (Å²) in [7, 11) is 0. The smallest absolute Gasteiger partial charge is 0.274 e. The highest BCUT2D eigenvalue weighted by molar-refractivity contribution is 5.40. The van der Waals surface area contributed by atoms with Crippen molar-refractivity contribution in [3.05, 3.63) is 39.7 Å². The van der Waals surface area contributed by atoms with E-state index in [1.165, 1.54) is 12.1 Å². The molecule has 116 valence electrons. The van der Waals surface area contributed by atoms with Crippen molar-refractivity contribution in [1.82, 2.24) is 5.32 Å². The van der Waals surface area contributed by atoms with Gasteiger partial charge >= 0.3 is 0 Å². The summed E-state index contributed by atoms with van der Waals surface area (Å²) in [4.78, 5) is 10.5. The van der Waals surface area contributed by atoms with Gasteiger partial charge in [0.1, 0.15) is 5.82 Å². The molecule has 1 aliphatic rings. The highest BCUT2D eigenvalue weighted by atomic mass is 19.1. The van der Waals surface area contributed by atoms with Gasteiger partial charge in [0.2, 0.25) is 0 Å². The van der Waals surface area contributed by atoms with Gasteiger partial charge in [-0.3, -0.25) is 10.1 Å². The van der Waals surface area contributed by atoms with E-state index in [-0.39, 0.29) is 29.8 Å². The predicted octanol–water partition coefficient (Wildman–Crippen LogP) is 3.03. The van der Waals surface area contributed by atoms with Gasteiger partial charge in [0.05, 0.1) is 11.0 Å². The molecule has 1 N–H and O–H groups in total. The molecule has 21 heavy (non-hydrogen) atoms. The van der Waals surface area contributed by atoms with E-state index >= 15 is 0 Å². The number of benzene rings is 1. The predicted molar refractivity (Wildman–Crippen MR) is 77.5 cm³/mol. The van der Waals surface area contributed by atoms with Gasteiger partial charge < -0.3 is 10.1 Å². The fraction of sp³-hybridized carbons (Fsp3) is 0.600. The van der Waals surface area contributed by atoms with Crippen LogP contribution >= 0.6 is 0 Å². The first-order valence-electron chi connectivity index (χ1n) is 7.14. The summed E-state index contributed by atoms with van der Waals surface area (Å²) >= 11 is 0. The molecule has 1 saturated carbocycles. The maximum atomic E-state index is 13.3. The third-order valence-electron chi connectivity index (χ3n) is 4.32. The molecule has 6 heteroatoms. The molecule has 1 aromatic carbocycles. The van der Waals surface area contributed by atoms with E-state index in [4.69, 9.17) is 4.74 Å². The first kappa shape index (κ1) is 15.9. The van der Waals surface area contributed by atoms with Crippen molar-refractivity contribution in [2.75, 3.05) is 6.61 Å². The van der Waals surface area contributed by atoms with Gasteiger partial charge in [-0.15, -0.1) is 0 Å². The largest absolute Gasteiger partial charge is 0.378 e. The number of hydrogen-bond acceptors (Lipinski definition) is 4. The second kappa shape index (κ2) is 6.07. The summed E-state index contributed by atoms with van der Waals surface area (Å²) in [6, 6.07) is 3.75. The number of hydrogen-bond donors (Lipinski definition) is 1. The number of rotatable bonds is 6. The van der Waals surface area contributed by atoms with Crippen molar-refractivity contribution in [3.8, 4) is 0 Å². The Kier molecular flexibility index (Phi) is 4.58. The van der Waals surface area contributed by atoms with E-state index in [0.717, 1.165) is 12.5 Å². The molecule has 1 fully saturated rings. The number of nitrogens with one attached hydrogen (secondary N) is 1. The highest BCUT2D eigenvalue weighted by Gasteiger charge is 2.48. The maximum Gasteiger partial charge on any atom is 0.274 e. The minimum absolute atomic E-state index is 0.0296. The van der Waals surface area contributed by atoms with Crippen LogP contribution in [-0.4, -0.2) is 23.7 Å². The molecule has 0 bridgehead atoms. The van der Waals surface area contributed by atoms with Crippen LogP contribution in [0, 0.1) is 21.3 Å². The third-order valence-corrected chi connectivity index (χ3v) is 4.32. The average Bonchev–Trinajstić information content (AvgIpc) is 2.41. The Morgan fingerprint density at radius 3 is 2.81 bits per heavy atom. The Balaban J connectivity index is 2.01. The molecule has 0 radical (unpaired) electrons. The van der Waals surface area contributed by atoms with Gasteiger partial charge in [-0.05, 0) is 25.5 Å². The molecule has 5 nitrogen and oxygen atoms in total. The van der Waals surface area contributed by atoms with Crippen LogP contribution in [0.4, 0.5) is 10.1 Å². The second-order valence-electron chi connectivity index (χ2n) is 5.96. The molecular weight excluding hydrogens is 275 g/mol. The highest BCUT2D eigenvalue weighted by Crippen LogP contribution is 2.42. The van der Waals surface area contributed by atoms with E-state index in [0.29, 0.717) is 12.2 Å². The molecule has 0 aromatic heterocycles. The molecular formula is C15H21FN2O3. The lowest BCUT2D eigenvalue weighted by molar-refractivity contribution is -0.385. The zero-order valence-corrected chi connectivity index (χ0v) is 12.6. The van der Waals surface area contributed by atoms with E-state index in [2.05, 4.69) is 19.2 Å². The maximum absolute atomic E-state index is 13.3. The van der Waals surface area contributed by atoms with E-state index < -0.39 is 10.7 Å². The summed E-state index contributed by atoms with van der Waals surface area (Å²) in [5.41, 5.74) is 0.288. The average molecular weight is 296 g/mol. The summed E-state index contributed by atoms with van der Waals surface area (Å²) < 4.78 is 18.9. The number of halogens is 1. The molecule has 2 unspecified atom stereocenters. The molecule has 1 aliphatic carbocycles. The van der Waals surface area contributed by atoms with Crippen LogP contribution in [0.15, 0.2) is 18.2 Å². The minimum atomic E-state index is -0.481. The SMILES string of the molecule is CCOC1CC(NCc2cc(F)ccc2[N+](=O)[O-])C1(C)C. The monoisotopic (exact) mass is 296 g/mol. The fourth-order valence-corrected chi connectivity index (χ4v) is 2.82. The van der Waals surface area contributed by atoms with Crippen molar-refractivity contribution in [3.63, 3.8) is 0 Å². The van der Waals surface area contributed by atoms with Crippen LogP contribution in [0.2, 0.25) is 0 Å². The van der Waals surface area contributed by atoms with Crippen LogP contribution in [-0.2, 0) is 11.3 Å². The van der Waals surface area contributed by atoms with Gasteiger partial charge in [-0.2, -0.15) is 0 Å². The number of nitrogens with zero attached hydrogens (tertiary/aromatic N) is 1. The molecule has 1 aromatic rings. The number of nitro benzene ring substituents is 1. The van der Waals surface area contributed by atoms with Crippen LogP contribution in [0.25, 0.3) is 0 Å². The Morgan fingerprint density at radius 1 is 1.52 bits per heavy atom. The van der Waals surface area contributed by atoms with Gasteiger partial charge in [-0.25, -0.2) is 4.39 Å². The lowest BCUT2D eigenvalue weighted by Gasteiger charge is -2.52. The first-order valence-corrected chi connectivity index (χ1v) is 7.14. The normalized spacial score (nSPS) is 23.6. The van der Waals surface area contributed by atoms with Gasteiger partial charge in [0.25, 0.3) is 5.69 Å². The Morgan fingerprint density at radius 2 is 2.24 bits per heavy atom. The molecule has 2 rings (SSSR count). The van der Waals surface area contributed by atoms with Crippen molar-refractivity contribution in [2.24, 2.45) is 5.41 Å². The molecule has 0 spiro atoms. The Bertz CT molecular complexity index is 534. The third kappa shape index (κ3) is 3.22. The van der Waals surface area contributed by atoms with E-state index in [1.807, 2.05) is 6.92 Å². The van der Waals surface area contributed by atoms with Crippen molar-refractivity contribution in [2.45, 2.75) is 45.9 Å². The standard InChI is InChI=1S/C15H21FN2O3/c1-4-21-14-8-13(15(14,2)3)17-9-10-7-11(16)5-6-12(10)18(19)20/h5-7,13-14,17H,4,8-9H2,1-3H3. The summed E-state index contributed by atoms with van der Waals surface area (Å²) in [6.07, 6.45) is 1.06. The van der Waals surface area contributed by atoms with Crippen molar-refractivity contribution < 1.29 is 14.1 Å². The summed E-state index contributed by atoms with van der Waals surface area (Å²) in [5, 5.41) is 14.2. The van der Waals surface area contributed by atoms with Crippen LogP contribution in [0.1, 0.15) is 32.8 Å². The lowest BCUT2D eigenvalue weighted by atomic mass is 9.64. The number of nitro groups is 1.